The topological polar surface area (TPSA) is 132 Å². The maximum Gasteiger partial charge on any atom is 0.305 e. The third-order valence-electron chi connectivity index (χ3n) is 5.16. The molecule has 0 saturated carbocycles. The third-order valence-corrected chi connectivity index (χ3v) is 8.07. The second-order valence-corrected chi connectivity index (χ2v) is 11.5. The molecule has 0 bridgehead atoms. The van der Waals surface area contributed by atoms with Gasteiger partial charge in [-0.3, -0.25) is 4.79 Å². The van der Waals surface area contributed by atoms with E-state index in [-0.39, 0.29) is 60.0 Å². The number of phenolic OH excluding ortho intramolecular Hbond substituents is 1. The van der Waals surface area contributed by atoms with Crippen LogP contribution in [0.4, 0.5) is 0 Å². The zero-order chi connectivity index (χ0) is 23.8. The highest BCUT2D eigenvalue weighted by Crippen LogP contribution is 2.31. The zero-order valence-corrected chi connectivity index (χ0v) is 22.9. The first-order chi connectivity index (χ1) is 15.7. The number of nitrogens with one attached hydrogen (secondary N) is 3. The van der Waals surface area contributed by atoms with Crippen LogP contribution in [0.2, 0.25) is 5.02 Å². The minimum Gasteiger partial charge on any atom is -0.506 e. The van der Waals surface area contributed by atoms with Crippen molar-refractivity contribution in [3.63, 3.8) is 0 Å². The summed E-state index contributed by atoms with van der Waals surface area (Å²) in [4.78, 5) is 13.8. The summed E-state index contributed by atoms with van der Waals surface area (Å²) in [6.07, 6.45) is 0.413. The number of aliphatic hydroxyl groups is 1. The number of aromatic hydroxyl groups is 1. The zero-order valence-electron chi connectivity index (χ0n) is 18.8. The number of rotatable bonds is 13. The van der Waals surface area contributed by atoms with Gasteiger partial charge in [0, 0.05) is 23.7 Å². The fourth-order valence-electron chi connectivity index (χ4n) is 3.45. The Hall–Kier alpha value is -1.37. The summed E-state index contributed by atoms with van der Waals surface area (Å²) < 4.78 is 25.0. The second-order valence-electron chi connectivity index (χ2n) is 7.75. The van der Waals surface area contributed by atoms with Crippen molar-refractivity contribution in [2.45, 2.75) is 18.9 Å². The Kier molecular flexibility index (Phi) is 13.6. The lowest BCUT2D eigenvalue weighted by Gasteiger charge is -2.13. The lowest BCUT2D eigenvalue weighted by molar-refractivity contribution is 0.177. The van der Waals surface area contributed by atoms with Crippen molar-refractivity contribution in [1.82, 2.24) is 15.6 Å². The molecule has 3 aromatic rings. The van der Waals surface area contributed by atoms with E-state index in [9.17, 15) is 23.4 Å². The van der Waals surface area contributed by atoms with Gasteiger partial charge >= 0.3 is 4.87 Å². The lowest BCUT2D eigenvalue weighted by Crippen LogP contribution is -2.29. The number of hydrogen-bond acceptors (Lipinski definition) is 8. The van der Waals surface area contributed by atoms with Crippen LogP contribution in [0.5, 0.6) is 5.75 Å². The molecule has 2 aromatic carbocycles. The van der Waals surface area contributed by atoms with Gasteiger partial charge in [0.05, 0.1) is 22.3 Å². The Morgan fingerprint density at radius 2 is 1.83 bits per heavy atom. The molecule has 1 atom stereocenters. The number of H-pyrrole nitrogens is 1. The number of halogens is 3. The molecule has 0 spiro atoms. The number of benzene rings is 2. The quantitative estimate of drug-likeness (QED) is 0.195. The molecule has 5 N–H and O–H groups in total. The molecular formula is C22H30Cl3N3O5S2. The fourth-order valence-corrected chi connectivity index (χ4v) is 5.82. The number of aliphatic hydroxyl groups excluding tert-OH is 1. The standard InChI is InChI=1S/C22H28ClN3O5S2.2ClH/c23-16-4-1-3-15(13-16)7-9-24-8-2-11-33(30,31)12-10-25-14-19(28)17-5-6-18(27)20-21(17)32-22(29)26-20;;/h1,3-6,13,19,24-25,27-28H,2,7-12,14H2,(H,26,29);2*1H/t19-;;/m0../s1. The number of phenols is 1. The van der Waals surface area contributed by atoms with Gasteiger partial charge in [0.25, 0.3) is 0 Å². The average Bonchev–Trinajstić information content (AvgIpc) is 3.16. The molecule has 0 fully saturated rings. The number of sulfone groups is 1. The number of aromatic amines is 1. The Bertz CT molecular complexity index is 1230. The maximum absolute atomic E-state index is 12.2. The largest absolute Gasteiger partial charge is 0.506 e. The van der Waals surface area contributed by atoms with Crippen LogP contribution in [0.3, 0.4) is 0 Å². The van der Waals surface area contributed by atoms with Crippen molar-refractivity contribution in [1.29, 1.82) is 0 Å². The van der Waals surface area contributed by atoms with Gasteiger partial charge in [-0.05, 0) is 49.7 Å². The summed E-state index contributed by atoms with van der Waals surface area (Å²) in [6, 6.07) is 10.6. The van der Waals surface area contributed by atoms with Gasteiger partial charge in [0.2, 0.25) is 0 Å². The maximum atomic E-state index is 12.2. The van der Waals surface area contributed by atoms with Crippen LogP contribution in [-0.2, 0) is 16.3 Å². The van der Waals surface area contributed by atoms with Crippen LogP contribution >= 0.6 is 47.8 Å². The van der Waals surface area contributed by atoms with Crippen molar-refractivity contribution in [2.24, 2.45) is 0 Å². The van der Waals surface area contributed by atoms with E-state index in [1.807, 2.05) is 24.3 Å². The highest BCUT2D eigenvalue weighted by Gasteiger charge is 2.16. The second kappa shape index (κ2) is 15.0. The van der Waals surface area contributed by atoms with Crippen LogP contribution in [0.25, 0.3) is 10.2 Å². The first-order valence-corrected chi connectivity index (χ1v) is 13.7. The molecule has 0 unspecified atom stereocenters. The molecule has 13 heteroatoms. The van der Waals surface area contributed by atoms with Gasteiger partial charge in [-0.2, -0.15) is 0 Å². The molecule has 1 aromatic heterocycles. The van der Waals surface area contributed by atoms with E-state index in [2.05, 4.69) is 15.6 Å². The van der Waals surface area contributed by atoms with E-state index in [1.165, 1.54) is 6.07 Å². The van der Waals surface area contributed by atoms with Crippen molar-refractivity contribution in [3.8, 4) is 5.75 Å². The molecule has 0 aliphatic carbocycles. The first-order valence-electron chi connectivity index (χ1n) is 10.6. The van der Waals surface area contributed by atoms with Crippen LogP contribution in [-0.4, -0.2) is 61.3 Å². The van der Waals surface area contributed by atoms with Gasteiger partial charge < -0.3 is 25.8 Å². The molecule has 0 radical (unpaired) electrons. The number of thiazole rings is 1. The van der Waals surface area contributed by atoms with E-state index in [4.69, 9.17) is 11.6 Å². The number of fused-ring (bicyclic) bond motifs is 1. The Morgan fingerprint density at radius 3 is 2.57 bits per heavy atom. The van der Waals surface area contributed by atoms with Crippen LogP contribution < -0.4 is 15.5 Å². The molecule has 0 saturated heterocycles. The first kappa shape index (κ1) is 31.7. The number of aromatic nitrogens is 1. The van der Waals surface area contributed by atoms with Crippen LogP contribution in [0.1, 0.15) is 23.7 Å². The Balaban J connectivity index is 0.00000306. The summed E-state index contributed by atoms with van der Waals surface area (Å²) in [5, 5.41) is 27.2. The van der Waals surface area contributed by atoms with Crippen molar-refractivity contribution in [3.05, 3.63) is 62.2 Å². The molecule has 0 aliphatic rings. The van der Waals surface area contributed by atoms with Crippen molar-refractivity contribution >= 4 is 67.8 Å². The van der Waals surface area contributed by atoms with Crippen molar-refractivity contribution in [2.75, 3.05) is 37.7 Å². The highest BCUT2D eigenvalue weighted by molar-refractivity contribution is 7.91. The van der Waals surface area contributed by atoms with Crippen molar-refractivity contribution < 1.29 is 18.6 Å². The molecular weight excluding hydrogens is 557 g/mol. The van der Waals surface area contributed by atoms with Gasteiger partial charge in [-0.15, -0.1) is 24.8 Å². The number of hydrogen-bond donors (Lipinski definition) is 5. The van der Waals surface area contributed by atoms with E-state index >= 15 is 0 Å². The predicted octanol–water partition coefficient (Wildman–Crippen LogP) is 3.05. The Morgan fingerprint density at radius 1 is 1.06 bits per heavy atom. The SMILES string of the molecule is Cl.Cl.O=c1[nH]c2c(O)ccc([C@@H](O)CNCCS(=O)(=O)CCCNCCc3cccc(Cl)c3)c2s1. The predicted molar refractivity (Wildman–Crippen MR) is 148 cm³/mol. The molecule has 8 nitrogen and oxygen atoms in total. The third kappa shape index (κ3) is 9.89. The molecule has 0 amide bonds. The van der Waals surface area contributed by atoms with Gasteiger partial charge in [0.1, 0.15) is 11.3 Å². The molecule has 196 valence electrons. The molecule has 3 rings (SSSR count). The smallest absolute Gasteiger partial charge is 0.305 e. The highest BCUT2D eigenvalue weighted by atomic mass is 35.5. The van der Waals surface area contributed by atoms with E-state index in [0.29, 0.717) is 33.8 Å². The summed E-state index contributed by atoms with van der Waals surface area (Å²) in [7, 11) is -3.20. The normalized spacial score (nSPS) is 12.2. The van der Waals surface area contributed by atoms with Gasteiger partial charge in [-0.25, -0.2) is 8.42 Å². The van der Waals surface area contributed by atoms with E-state index in [0.717, 1.165) is 29.9 Å². The van der Waals surface area contributed by atoms with Crippen LogP contribution in [0.15, 0.2) is 41.2 Å². The fraction of sp³-hybridized carbons (Fsp3) is 0.409. The van der Waals surface area contributed by atoms with E-state index in [1.54, 1.807) is 6.07 Å². The molecule has 35 heavy (non-hydrogen) atoms. The molecule has 1 heterocycles. The van der Waals surface area contributed by atoms with Crippen LogP contribution in [0, 0.1) is 0 Å². The molecule has 0 aliphatic heterocycles. The summed E-state index contributed by atoms with van der Waals surface area (Å²) >= 11 is 6.87. The average molecular weight is 587 g/mol. The summed E-state index contributed by atoms with van der Waals surface area (Å²) in [5.74, 6) is 0.0134. The Labute approximate surface area is 225 Å². The van der Waals surface area contributed by atoms with E-state index < -0.39 is 15.9 Å². The monoisotopic (exact) mass is 585 g/mol. The van der Waals surface area contributed by atoms with Gasteiger partial charge in [-0.1, -0.05) is 41.1 Å². The summed E-state index contributed by atoms with van der Waals surface area (Å²) in [6.45, 7) is 1.71. The lowest BCUT2D eigenvalue weighted by atomic mass is 10.1. The minimum absolute atomic E-state index is 0. The van der Waals surface area contributed by atoms with Gasteiger partial charge in [0.15, 0.2) is 9.84 Å². The minimum atomic E-state index is -3.20. The summed E-state index contributed by atoms with van der Waals surface area (Å²) in [5.41, 5.74) is 1.94.